The molecule has 3 N–H and O–H groups in total. The molecule has 1 unspecified atom stereocenters. The molecule has 0 amide bonds. The number of halogens is 1. The minimum absolute atomic E-state index is 0.340. The van der Waals surface area contributed by atoms with Crippen LogP contribution in [0.3, 0.4) is 0 Å². The summed E-state index contributed by atoms with van der Waals surface area (Å²) in [6, 6.07) is 4.44. The van der Waals surface area contributed by atoms with E-state index in [1.165, 1.54) is 24.3 Å². The van der Waals surface area contributed by atoms with E-state index in [9.17, 15) is 0 Å². The molecule has 0 spiro atoms. The highest BCUT2D eigenvalue weighted by Gasteiger charge is 2.19. The van der Waals surface area contributed by atoms with Crippen LogP contribution in [-0.2, 0) is 6.42 Å². The highest BCUT2D eigenvalue weighted by molar-refractivity contribution is 9.10. The molecule has 3 nitrogen and oxygen atoms in total. The Morgan fingerprint density at radius 1 is 1.44 bits per heavy atom. The molecule has 1 aliphatic heterocycles. The van der Waals surface area contributed by atoms with Crippen LogP contribution < -0.4 is 11.3 Å². The van der Waals surface area contributed by atoms with Crippen LogP contribution in [0.2, 0.25) is 0 Å². The average Bonchev–Trinajstić information content (AvgIpc) is 2.41. The molecule has 0 saturated carbocycles. The third-order valence-corrected chi connectivity index (χ3v) is 4.96. The molecule has 100 valence electrons. The second kappa shape index (κ2) is 7.48. The highest BCUT2D eigenvalue weighted by atomic mass is 79.9. The Hall–Kier alpha value is -0.100. The fourth-order valence-corrected chi connectivity index (χ4v) is 3.81. The predicted molar refractivity (Wildman–Crippen MR) is 81.4 cm³/mol. The Morgan fingerprint density at radius 2 is 2.22 bits per heavy atom. The Bertz CT molecular complexity index is 352. The molecule has 1 aromatic heterocycles. The van der Waals surface area contributed by atoms with Gasteiger partial charge in [0.15, 0.2) is 0 Å². The number of nitrogens with two attached hydrogens (primary N) is 1. The minimum Gasteiger partial charge on any atom is -0.271 e. The van der Waals surface area contributed by atoms with Gasteiger partial charge in [-0.1, -0.05) is 0 Å². The number of aromatic nitrogens is 1. The molecule has 0 radical (unpaired) electrons. The lowest BCUT2D eigenvalue weighted by atomic mass is 9.92. The molecule has 1 aliphatic rings. The van der Waals surface area contributed by atoms with Crippen LogP contribution in [0, 0.1) is 5.92 Å². The number of hydrogen-bond donors (Lipinski definition) is 2. The van der Waals surface area contributed by atoms with E-state index < -0.39 is 0 Å². The number of hydrazine groups is 1. The second-order valence-corrected chi connectivity index (χ2v) is 6.97. The van der Waals surface area contributed by atoms with E-state index in [0.29, 0.717) is 6.04 Å². The lowest BCUT2D eigenvalue weighted by molar-refractivity contribution is 0.364. The van der Waals surface area contributed by atoms with Crippen molar-refractivity contribution in [2.45, 2.75) is 31.7 Å². The first-order valence-corrected chi connectivity index (χ1v) is 8.37. The van der Waals surface area contributed by atoms with Crippen molar-refractivity contribution in [2.75, 3.05) is 11.5 Å². The Labute approximate surface area is 121 Å². The smallest absolute Gasteiger partial charge is 0.0420 e. The number of thioether (sulfide) groups is 1. The summed E-state index contributed by atoms with van der Waals surface area (Å²) in [5, 5.41) is 0. The fraction of sp³-hybridized carbons (Fsp3) is 0.615. The van der Waals surface area contributed by atoms with Crippen LogP contribution in [0.5, 0.6) is 0 Å². The zero-order chi connectivity index (χ0) is 12.8. The second-order valence-electron chi connectivity index (χ2n) is 4.83. The summed E-state index contributed by atoms with van der Waals surface area (Å²) < 4.78 is 1.02. The average molecular weight is 330 g/mol. The monoisotopic (exact) mass is 329 g/mol. The minimum atomic E-state index is 0.340. The molecule has 0 aliphatic carbocycles. The zero-order valence-corrected chi connectivity index (χ0v) is 12.8. The number of rotatable bonds is 5. The summed E-state index contributed by atoms with van der Waals surface area (Å²) >= 11 is 5.47. The maximum atomic E-state index is 5.68. The molecule has 1 atom stereocenters. The van der Waals surface area contributed by atoms with Crippen LogP contribution in [-0.4, -0.2) is 22.5 Å². The van der Waals surface area contributed by atoms with E-state index in [4.69, 9.17) is 5.84 Å². The first kappa shape index (κ1) is 14.3. The first-order chi connectivity index (χ1) is 8.78. The van der Waals surface area contributed by atoms with E-state index in [1.54, 1.807) is 0 Å². The predicted octanol–water partition coefficient (Wildman–Crippen LogP) is 2.75. The van der Waals surface area contributed by atoms with Gasteiger partial charge in [-0.25, -0.2) is 0 Å². The number of pyridine rings is 1. The number of nitrogens with one attached hydrogen (secondary N) is 1. The molecule has 2 rings (SSSR count). The standard InChI is InChI=1S/C13H20BrN3S/c14-11-1-2-12(16-9-11)8-13(17-15)7-10-3-5-18-6-4-10/h1-2,9-10,13,17H,3-8,15H2. The first-order valence-electron chi connectivity index (χ1n) is 6.42. The highest BCUT2D eigenvalue weighted by Crippen LogP contribution is 2.26. The molecule has 18 heavy (non-hydrogen) atoms. The summed E-state index contributed by atoms with van der Waals surface area (Å²) in [5.41, 5.74) is 4.06. The molecular weight excluding hydrogens is 310 g/mol. The molecule has 0 aromatic carbocycles. The quantitative estimate of drug-likeness (QED) is 0.644. The largest absolute Gasteiger partial charge is 0.271 e. The van der Waals surface area contributed by atoms with Crippen molar-refractivity contribution in [2.24, 2.45) is 11.8 Å². The number of hydrogen-bond acceptors (Lipinski definition) is 4. The summed E-state index contributed by atoms with van der Waals surface area (Å²) in [7, 11) is 0. The van der Waals surface area contributed by atoms with E-state index in [0.717, 1.165) is 28.9 Å². The van der Waals surface area contributed by atoms with Crippen molar-refractivity contribution in [3.8, 4) is 0 Å². The maximum Gasteiger partial charge on any atom is 0.0420 e. The van der Waals surface area contributed by atoms with Gasteiger partial charge in [0.2, 0.25) is 0 Å². The lowest BCUT2D eigenvalue weighted by Gasteiger charge is -2.25. The van der Waals surface area contributed by atoms with Gasteiger partial charge in [-0.3, -0.25) is 16.3 Å². The van der Waals surface area contributed by atoms with Gasteiger partial charge in [0, 0.05) is 28.8 Å². The van der Waals surface area contributed by atoms with Crippen LogP contribution in [0.1, 0.15) is 25.0 Å². The summed E-state index contributed by atoms with van der Waals surface area (Å²) in [6.45, 7) is 0. The van der Waals surface area contributed by atoms with E-state index in [2.05, 4.69) is 44.2 Å². The third kappa shape index (κ3) is 4.53. The van der Waals surface area contributed by atoms with Crippen LogP contribution in [0.25, 0.3) is 0 Å². The molecule has 2 heterocycles. The van der Waals surface area contributed by atoms with Crippen molar-refractivity contribution in [1.82, 2.24) is 10.4 Å². The Balaban J connectivity index is 1.86. The van der Waals surface area contributed by atoms with Crippen LogP contribution in [0.15, 0.2) is 22.8 Å². The van der Waals surface area contributed by atoms with Gasteiger partial charge < -0.3 is 0 Å². The Morgan fingerprint density at radius 3 is 2.83 bits per heavy atom. The summed E-state index contributed by atoms with van der Waals surface area (Å²) in [4.78, 5) is 4.41. The number of nitrogens with zero attached hydrogens (tertiary/aromatic N) is 1. The van der Waals surface area contributed by atoms with Gasteiger partial charge in [0.25, 0.3) is 0 Å². The van der Waals surface area contributed by atoms with Gasteiger partial charge in [0.05, 0.1) is 0 Å². The van der Waals surface area contributed by atoms with Gasteiger partial charge in [-0.15, -0.1) is 0 Å². The summed E-state index contributed by atoms with van der Waals surface area (Å²) in [6.07, 6.45) is 6.58. The fourth-order valence-electron chi connectivity index (χ4n) is 2.37. The normalized spacial score (nSPS) is 18.8. The van der Waals surface area contributed by atoms with E-state index >= 15 is 0 Å². The zero-order valence-electron chi connectivity index (χ0n) is 10.4. The van der Waals surface area contributed by atoms with Crippen molar-refractivity contribution in [3.63, 3.8) is 0 Å². The summed E-state index contributed by atoms with van der Waals surface area (Å²) in [5.74, 6) is 9.11. The third-order valence-electron chi connectivity index (χ3n) is 3.44. The topological polar surface area (TPSA) is 50.9 Å². The van der Waals surface area contributed by atoms with E-state index in [1.807, 2.05) is 12.3 Å². The molecule has 0 bridgehead atoms. The van der Waals surface area contributed by atoms with Crippen molar-refractivity contribution >= 4 is 27.7 Å². The van der Waals surface area contributed by atoms with Gasteiger partial charge >= 0.3 is 0 Å². The molecule has 1 saturated heterocycles. The van der Waals surface area contributed by atoms with Crippen LogP contribution in [0.4, 0.5) is 0 Å². The van der Waals surface area contributed by atoms with Gasteiger partial charge in [-0.05, 0) is 64.7 Å². The van der Waals surface area contributed by atoms with Gasteiger partial charge in [0.1, 0.15) is 0 Å². The lowest BCUT2D eigenvalue weighted by Crippen LogP contribution is -2.39. The van der Waals surface area contributed by atoms with Crippen molar-refractivity contribution in [3.05, 3.63) is 28.5 Å². The van der Waals surface area contributed by atoms with Crippen LogP contribution >= 0.6 is 27.7 Å². The van der Waals surface area contributed by atoms with Crippen molar-refractivity contribution in [1.29, 1.82) is 0 Å². The molecular formula is C13H20BrN3S. The van der Waals surface area contributed by atoms with Gasteiger partial charge in [-0.2, -0.15) is 11.8 Å². The maximum absolute atomic E-state index is 5.68. The molecule has 1 fully saturated rings. The van der Waals surface area contributed by atoms with E-state index in [-0.39, 0.29) is 0 Å². The molecule has 5 heteroatoms. The SMILES string of the molecule is NNC(Cc1ccc(Br)cn1)CC1CCSCC1. The molecule has 1 aromatic rings. The van der Waals surface area contributed by atoms with Crippen molar-refractivity contribution < 1.29 is 0 Å². The Kier molecular flexibility index (Phi) is 5.95.